The smallest absolute Gasteiger partial charge is 0.338 e. The Hall–Kier alpha value is -1.31. The zero-order valence-electron chi connectivity index (χ0n) is 10.8. The number of aryl methyl sites for hydroxylation is 1. The number of benzene rings is 1. The first kappa shape index (κ1) is 12.8. The lowest BCUT2D eigenvalue weighted by Crippen LogP contribution is -2.14. The van der Waals surface area contributed by atoms with Crippen LogP contribution in [0, 0.1) is 6.92 Å². The van der Waals surface area contributed by atoms with Crippen molar-refractivity contribution >= 4 is 5.97 Å². The largest absolute Gasteiger partial charge is 0.462 e. The second-order valence-electron chi connectivity index (χ2n) is 5.00. The van der Waals surface area contributed by atoms with E-state index < -0.39 is 0 Å². The Bertz CT molecular complexity index is 386. The molecule has 16 heavy (non-hydrogen) atoms. The van der Waals surface area contributed by atoms with Gasteiger partial charge in [-0.2, -0.15) is 0 Å². The molecule has 2 nitrogen and oxygen atoms in total. The fourth-order valence-electron chi connectivity index (χ4n) is 1.52. The second-order valence-corrected chi connectivity index (χ2v) is 5.00. The Morgan fingerprint density at radius 1 is 1.31 bits per heavy atom. The van der Waals surface area contributed by atoms with E-state index in [1.54, 1.807) is 0 Å². The first-order chi connectivity index (χ1) is 7.36. The molecule has 2 heteroatoms. The third kappa shape index (κ3) is 2.84. The van der Waals surface area contributed by atoms with Crippen LogP contribution in [0.15, 0.2) is 18.2 Å². The topological polar surface area (TPSA) is 26.3 Å². The third-order valence-corrected chi connectivity index (χ3v) is 2.60. The third-order valence-electron chi connectivity index (χ3n) is 2.60. The first-order valence-electron chi connectivity index (χ1n) is 5.64. The van der Waals surface area contributed by atoms with Crippen molar-refractivity contribution in [2.75, 3.05) is 6.61 Å². The van der Waals surface area contributed by atoms with E-state index in [1.165, 1.54) is 0 Å². The predicted octanol–water partition coefficient (Wildman–Crippen LogP) is 3.47. The maximum Gasteiger partial charge on any atom is 0.338 e. The van der Waals surface area contributed by atoms with E-state index >= 15 is 0 Å². The Balaban J connectivity index is 3.14. The summed E-state index contributed by atoms with van der Waals surface area (Å²) in [6.45, 7) is 10.6. The highest BCUT2D eigenvalue weighted by Gasteiger charge is 2.17. The summed E-state index contributed by atoms with van der Waals surface area (Å²) in [5.41, 5.74) is 2.84. The van der Waals surface area contributed by atoms with Gasteiger partial charge in [-0.1, -0.05) is 32.9 Å². The molecule has 0 heterocycles. The number of hydrogen-bond acceptors (Lipinski definition) is 2. The van der Waals surface area contributed by atoms with Gasteiger partial charge in [-0.05, 0) is 36.5 Å². The van der Waals surface area contributed by atoms with Crippen LogP contribution in [-0.2, 0) is 10.2 Å². The highest BCUT2D eigenvalue weighted by Crippen LogP contribution is 2.24. The molecule has 1 rings (SSSR count). The monoisotopic (exact) mass is 220 g/mol. The normalized spacial score (nSPS) is 11.3. The Kier molecular flexibility index (Phi) is 3.74. The number of rotatable bonds is 2. The number of esters is 1. The van der Waals surface area contributed by atoms with E-state index in [0.717, 1.165) is 11.1 Å². The van der Waals surface area contributed by atoms with E-state index in [9.17, 15) is 4.79 Å². The molecule has 0 aliphatic heterocycles. The molecule has 0 fully saturated rings. The van der Waals surface area contributed by atoms with Crippen molar-refractivity contribution in [3.05, 3.63) is 34.9 Å². The van der Waals surface area contributed by atoms with Crippen LogP contribution in [0.5, 0.6) is 0 Å². The summed E-state index contributed by atoms with van der Waals surface area (Å²) in [6, 6.07) is 5.98. The van der Waals surface area contributed by atoms with E-state index in [-0.39, 0.29) is 11.4 Å². The Morgan fingerprint density at radius 3 is 2.44 bits per heavy atom. The van der Waals surface area contributed by atoms with Gasteiger partial charge in [0.25, 0.3) is 0 Å². The van der Waals surface area contributed by atoms with E-state index in [2.05, 4.69) is 26.8 Å². The molecule has 1 aromatic rings. The van der Waals surface area contributed by atoms with Gasteiger partial charge in [-0.15, -0.1) is 0 Å². The SMILES string of the molecule is CCOC(=O)c1cc(C(C)(C)C)ccc1C. The van der Waals surface area contributed by atoms with E-state index in [4.69, 9.17) is 4.74 Å². The molecule has 0 spiro atoms. The van der Waals surface area contributed by atoms with Gasteiger partial charge in [0, 0.05) is 0 Å². The molecule has 0 unspecified atom stereocenters. The second kappa shape index (κ2) is 4.69. The van der Waals surface area contributed by atoms with Gasteiger partial charge in [0.1, 0.15) is 0 Å². The summed E-state index contributed by atoms with van der Waals surface area (Å²) in [6.07, 6.45) is 0. The zero-order chi connectivity index (χ0) is 12.3. The van der Waals surface area contributed by atoms with Crippen LogP contribution in [0.25, 0.3) is 0 Å². The average molecular weight is 220 g/mol. The summed E-state index contributed by atoms with van der Waals surface area (Å²) in [7, 11) is 0. The molecule has 1 aromatic carbocycles. The fourth-order valence-corrected chi connectivity index (χ4v) is 1.52. The molecular weight excluding hydrogens is 200 g/mol. The van der Waals surface area contributed by atoms with Gasteiger partial charge in [-0.3, -0.25) is 0 Å². The van der Waals surface area contributed by atoms with E-state index in [1.807, 2.05) is 26.0 Å². The van der Waals surface area contributed by atoms with Crippen molar-refractivity contribution in [2.45, 2.75) is 40.0 Å². The van der Waals surface area contributed by atoms with Crippen LogP contribution in [0.3, 0.4) is 0 Å². The molecule has 0 radical (unpaired) electrons. The molecule has 0 aliphatic rings. The first-order valence-corrected chi connectivity index (χ1v) is 5.64. The summed E-state index contributed by atoms with van der Waals surface area (Å²) < 4.78 is 5.04. The number of carbonyl (C=O) groups excluding carboxylic acids is 1. The molecule has 0 aromatic heterocycles. The molecule has 0 saturated heterocycles. The van der Waals surface area contributed by atoms with Crippen LogP contribution in [0.1, 0.15) is 49.2 Å². The minimum Gasteiger partial charge on any atom is -0.462 e. The van der Waals surface area contributed by atoms with Crippen LogP contribution in [0.4, 0.5) is 0 Å². The summed E-state index contributed by atoms with van der Waals surface area (Å²) >= 11 is 0. The van der Waals surface area contributed by atoms with Crippen LogP contribution < -0.4 is 0 Å². The van der Waals surface area contributed by atoms with Gasteiger partial charge >= 0.3 is 5.97 Å². The van der Waals surface area contributed by atoms with Gasteiger partial charge in [0.05, 0.1) is 12.2 Å². The van der Waals surface area contributed by atoms with Crippen molar-refractivity contribution in [3.63, 3.8) is 0 Å². The number of hydrogen-bond donors (Lipinski definition) is 0. The molecule has 0 bridgehead atoms. The summed E-state index contributed by atoms with van der Waals surface area (Å²) in [5.74, 6) is -0.230. The summed E-state index contributed by atoms with van der Waals surface area (Å²) in [5, 5.41) is 0. The van der Waals surface area contributed by atoms with Gasteiger partial charge in [-0.25, -0.2) is 4.79 Å². The standard InChI is InChI=1S/C14H20O2/c1-6-16-13(15)12-9-11(14(3,4)5)8-7-10(12)2/h7-9H,6H2,1-5H3. The molecule has 0 aliphatic carbocycles. The minimum absolute atomic E-state index is 0.0505. The Labute approximate surface area is 97.6 Å². The molecular formula is C14H20O2. The lowest BCUT2D eigenvalue weighted by molar-refractivity contribution is 0.0525. The maximum atomic E-state index is 11.7. The number of ether oxygens (including phenoxy) is 1. The molecule has 0 atom stereocenters. The maximum absolute atomic E-state index is 11.7. The van der Waals surface area contributed by atoms with Crippen molar-refractivity contribution in [3.8, 4) is 0 Å². The zero-order valence-corrected chi connectivity index (χ0v) is 10.8. The average Bonchev–Trinajstić information content (AvgIpc) is 2.16. The van der Waals surface area contributed by atoms with Gasteiger partial charge in [0.15, 0.2) is 0 Å². The highest BCUT2D eigenvalue weighted by molar-refractivity contribution is 5.91. The lowest BCUT2D eigenvalue weighted by atomic mass is 9.85. The van der Waals surface area contributed by atoms with Crippen LogP contribution in [-0.4, -0.2) is 12.6 Å². The molecule has 0 N–H and O–H groups in total. The van der Waals surface area contributed by atoms with Gasteiger partial charge < -0.3 is 4.74 Å². The van der Waals surface area contributed by atoms with Crippen molar-refractivity contribution in [1.82, 2.24) is 0 Å². The summed E-state index contributed by atoms with van der Waals surface area (Å²) in [4.78, 5) is 11.7. The lowest BCUT2D eigenvalue weighted by Gasteiger charge is -2.20. The van der Waals surface area contributed by atoms with Gasteiger partial charge in [0.2, 0.25) is 0 Å². The fraction of sp³-hybridized carbons (Fsp3) is 0.500. The van der Waals surface area contributed by atoms with Crippen LogP contribution >= 0.6 is 0 Å². The molecule has 88 valence electrons. The van der Waals surface area contributed by atoms with E-state index in [0.29, 0.717) is 12.2 Å². The molecule has 0 amide bonds. The van der Waals surface area contributed by atoms with Crippen molar-refractivity contribution < 1.29 is 9.53 Å². The quantitative estimate of drug-likeness (QED) is 0.713. The predicted molar refractivity (Wildman–Crippen MR) is 65.8 cm³/mol. The molecule has 0 saturated carbocycles. The van der Waals surface area contributed by atoms with Crippen LogP contribution in [0.2, 0.25) is 0 Å². The number of carbonyl (C=O) groups is 1. The Morgan fingerprint density at radius 2 is 1.94 bits per heavy atom. The van der Waals surface area contributed by atoms with Crippen molar-refractivity contribution in [1.29, 1.82) is 0 Å². The minimum atomic E-state index is -0.230. The highest BCUT2D eigenvalue weighted by atomic mass is 16.5. The van der Waals surface area contributed by atoms with Crippen molar-refractivity contribution in [2.24, 2.45) is 0 Å².